The van der Waals surface area contributed by atoms with Crippen LogP contribution in [-0.4, -0.2) is 23.1 Å². The summed E-state index contributed by atoms with van der Waals surface area (Å²) < 4.78 is 3.90. The van der Waals surface area contributed by atoms with E-state index in [-0.39, 0.29) is 0 Å². The highest BCUT2D eigenvalue weighted by Crippen LogP contribution is 2.29. The van der Waals surface area contributed by atoms with Crippen molar-refractivity contribution in [2.24, 2.45) is 0 Å². The molecule has 104 valence electrons. The fraction of sp³-hybridized carbons (Fsp3) is 0.182. The number of fused-ring (bicyclic) bond motifs is 1. The van der Waals surface area contributed by atoms with Crippen LogP contribution in [-0.2, 0) is 0 Å². The predicted molar refractivity (Wildman–Crippen MR) is 102 cm³/mol. The first-order chi connectivity index (χ1) is 9.65. The molecule has 0 spiro atoms. The molecule has 3 aromatic heterocycles. The summed E-state index contributed by atoms with van der Waals surface area (Å²) in [5.41, 5.74) is 5.95. The third kappa shape index (κ3) is 2.46. The molecule has 0 saturated heterocycles. The molecule has 0 aliphatic rings. The molecule has 0 fully saturated rings. The summed E-state index contributed by atoms with van der Waals surface area (Å²) in [5.74, 6) is 0. The summed E-state index contributed by atoms with van der Waals surface area (Å²) in [5, 5.41) is 4.33. The van der Waals surface area contributed by atoms with E-state index in [2.05, 4.69) is 65.6 Å². The molecule has 3 rings (SSSR count). The molecule has 0 aliphatic heterocycles. The topological polar surface area (TPSA) is 48.5 Å². The summed E-state index contributed by atoms with van der Waals surface area (Å²) in [6.45, 7) is 4.10. The van der Waals surface area contributed by atoms with Gasteiger partial charge in [-0.25, -0.2) is 14.1 Å². The molecule has 0 unspecified atom stereocenters. The van der Waals surface area contributed by atoms with E-state index in [1.165, 1.54) is 0 Å². The van der Waals surface area contributed by atoms with E-state index in [0.29, 0.717) is 0 Å². The van der Waals surface area contributed by atoms with E-state index >= 15 is 0 Å². The molecule has 0 radical (unpaired) electrons. The van der Waals surface area contributed by atoms with Gasteiger partial charge in [0, 0.05) is 72.4 Å². The zero-order chi connectivity index (χ0) is 14.3. The largest absolute Gasteiger partial charge is 0.264 e. The molecule has 3 heterocycles. The number of hydrogen-bond donors (Lipinski definition) is 0. The maximum Gasteiger partial charge on any atom is 0.169 e. The molecule has 0 saturated carbocycles. The van der Waals surface area contributed by atoms with Crippen LogP contribution in [0.15, 0.2) is 18.6 Å². The zero-order valence-electron chi connectivity index (χ0n) is 10.5. The van der Waals surface area contributed by atoms with Gasteiger partial charge in [-0.2, -0.15) is 5.10 Å². The Morgan fingerprint density at radius 2 is 1.95 bits per heavy atom. The van der Waals surface area contributed by atoms with Crippen molar-refractivity contribution in [1.29, 1.82) is 0 Å². The SMILES string of the molecule is Cc1cn(SI)c2ncc(-c3cnn(SI)c3C)nc12. The van der Waals surface area contributed by atoms with Crippen LogP contribution in [0.1, 0.15) is 11.3 Å². The first-order valence-corrected chi connectivity index (χ1v) is 12.3. The summed E-state index contributed by atoms with van der Waals surface area (Å²) in [6.07, 6.45) is 5.72. The summed E-state index contributed by atoms with van der Waals surface area (Å²) in [7, 11) is 3.14. The normalized spacial score (nSPS) is 11.4. The Kier molecular flexibility index (Phi) is 4.48. The van der Waals surface area contributed by atoms with E-state index in [4.69, 9.17) is 4.98 Å². The Morgan fingerprint density at radius 1 is 1.15 bits per heavy atom. The minimum absolute atomic E-state index is 0.867. The van der Waals surface area contributed by atoms with Crippen LogP contribution >= 0.6 is 60.6 Å². The van der Waals surface area contributed by atoms with Gasteiger partial charge in [0.1, 0.15) is 5.52 Å². The van der Waals surface area contributed by atoms with Crippen molar-refractivity contribution in [3.8, 4) is 11.3 Å². The Bertz CT molecular complexity index is 783. The number of rotatable bonds is 3. The van der Waals surface area contributed by atoms with Gasteiger partial charge in [0.05, 0.1) is 23.8 Å². The second kappa shape index (κ2) is 6.01. The minimum Gasteiger partial charge on any atom is -0.264 e. The van der Waals surface area contributed by atoms with Gasteiger partial charge in [-0.15, -0.1) is 0 Å². The van der Waals surface area contributed by atoms with E-state index in [0.717, 1.165) is 33.7 Å². The van der Waals surface area contributed by atoms with Gasteiger partial charge in [0.2, 0.25) is 0 Å². The maximum atomic E-state index is 4.76. The van der Waals surface area contributed by atoms with Crippen LogP contribution < -0.4 is 0 Å². The van der Waals surface area contributed by atoms with Gasteiger partial charge in [-0.1, -0.05) is 0 Å². The molecule has 5 nitrogen and oxygen atoms in total. The lowest BCUT2D eigenvalue weighted by atomic mass is 10.2. The molecule has 20 heavy (non-hydrogen) atoms. The average molecular weight is 529 g/mol. The lowest BCUT2D eigenvalue weighted by Crippen LogP contribution is -1.92. The Hall–Kier alpha value is -0.0100. The molecular formula is C11H9I2N5S2. The lowest BCUT2D eigenvalue weighted by molar-refractivity contribution is 0.977. The van der Waals surface area contributed by atoms with Gasteiger partial charge < -0.3 is 0 Å². The fourth-order valence-electron chi connectivity index (χ4n) is 2.00. The Labute approximate surface area is 148 Å². The van der Waals surface area contributed by atoms with Crippen molar-refractivity contribution >= 4 is 71.8 Å². The number of aromatic nitrogens is 5. The number of aryl methyl sites for hydroxylation is 1. The van der Waals surface area contributed by atoms with Crippen molar-refractivity contribution in [2.75, 3.05) is 0 Å². The molecule has 0 bridgehead atoms. The van der Waals surface area contributed by atoms with Crippen molar-refractivity contribution in [3.63, 3.8) is 0 Å². The summed E-state index contributed by atoms with van der Waals surface area (Å²) in [4.78, 5) is 9.31. The second-order valence-electron chi connectivity index (χ2n) is 4.22. The lowest BCUT2D eigenvalue weighted by Gasteiger charge is -2.02. The second-order valence-corrected chi connectivity index (χ2v) is 7.60. The molecular weight excluding hydrogens is 520 g/mol. The van der Waals surface area contributed by atoms with E-state index < -0.39 is 0 Å². The van der Waals surface area contributed by atoms with Crippen LogP contribution in [0.4, 0.5) is 0 Å². The number of hydrogen-bond acceptors (Lipinski definition) is 5. The van der Waals surface area contributed by atoms with Crippen molar-refractivity contribution < 1.29 is 0 Å². The number of halogens is 2. The Balaban J connectivity index is 2.17. The predicted octanol–water partition coefficient (Wildman–Crippen LogP) is 4.60. The van der Waals surface area contributed by atoms with Gasteiger partial charge in [-0.05, 0) is 19.4 Å². The van der Waals surface area contributed by atoms with Gasteiger partial charge in [0.25, 0.3) is 0 Å². The average Bonchev–Trinajstić information content (AvgIpc) is 2.99. The van der Waals surface area contributed by atoms with Gasteiger partial charge >= 0.3 is 0 Å². The number of nitrogens with zero attached hydrogens (tertiary/aromatic N) is 5. The van der Waals surface area contributed by atoms with E-state index in [9.17, 15) is 0 Å². The summed E-state index contributed by atoms with van der Waals surface area (Å²) in [6, 6.07) is 0. The summed E-state index contributed by atoms with van der Waals surface area (Å²) >= 11 is 4.46. The molecule has 3 aromatic rings. The highest BCUT2D eigenvalue weighted by molar-refractivity contribution is 14.2. The molecule has 0 amide bonds. The van der Waals surface area contributed by atoms with Crippen LogP contribution in [0.25, 0.3) is 22.4 Å². The van der Waals surface area contributed by atoms with E-state index in [1.807, 2.05) is 27.4 Å². The van der Waals surface area contributed by atoms with Crippen LogP contribution in [0.2, 0.25) is 0 Å². The molecule has 0 aromatic carbocycles. The Morgan fingerprint density at radius 3 is 2.60 bits per heavy atom. The van der Waals surface area contributed by atoms with Crippen molar-refractivity contribution in [3.05, 3.63) is 29.8 Å². The maximum absolute atomic E-state index is 4.76. The van der Waals surface area contributed by atoms with Crippen molar-refractivity contribution in [2.45, 2.75) is 13.8 Å². The third-order valence-corrected chi connectivity index (χ3v) is 6.35. The minimum atomic E-state index is 0.867. The molecule has 0 aliphatic carbocycles. The fourth-order valence-corrected chi connectivity index (χ4v) is 4.78. The van der Waals surface area contributed by atoms with Gasteiger partial charge in [-0.3, -0.25) is 3.97 Å². The van der Waals surface area contributed by atoms with Crippen LogP contribution in [0, 0.1) is 13.8 Å². The monoisotopic (exact) mass is 529 g/mol. The highest BCUT2D eigenvalue weighted by atomic mass is 127. The van der Waals surface area contributed by atoms with Crippen LogP contribution in [0.5, 0.6) is 0 Å². The highest BCUT2D eigenvalue weighted by Gasteiger charge is 2.14. The first kappa shape index (κ1) is 14.9. The molecule has 0 N–H and O–H groups in total. The zero-order valence-corrected chi connectivity index (χ0v) is 16.5. The quantitative estimate of drug-likeness (QED) is 0.465. The van der Waals surface area contributed by atoms with E-state index in [1.54, 1.807) is 18.2 Å². The van der Waals surface area contributed by atoms with Crippen molar-refractivity contribution in [1.82, 2.24) is 23.1 Å². The van der Waals surface area contributed by atoms with Crippen LogP contribution in [0.3, 0.4) is 0 Å². The first-order valence-electron chi connectivity index (χ1n) is 5.63. The molecule has 9 heteroatoms. The van der Waals surface area contributed by atoms with Gasteiger partial charge in [0.15, 0.2) is 5.65 Å². The third-order valence-electron chi connectivity index (χ3n) is 3.03. The molecule has 0 atom stereocenters. The standard InChI is InChI=1S/C11H9I2N5S2/c1-6-5-17(19-12)11-10(6)16-9(4-14-11)8-3-15-18(20-13)7(8)2/h3-5H,1-2H3. The smallest absolute Gasteiger partial charge is 0.169 e.